The average molecular weight is 340 g/mol. The van der Waals surface area contributed by atoms with E-state index in [4.69, 9.17) is 5.73 Å². The molecular weight excluding hydrogens is 318 g/mol. The summed E-state index contributed by atoms with van der Waals surface area (Å²) in [6.45, 7) is 4.29. The highest BCUT2D eigenvalue weighted by Gasteiger charge is 2.18. The van der Waals surface area contributed by atoms with Gasteiger partial charge in [0.25, 0.3) is 5.91 Å². The van der Waals surface area contributed by atoms with E-state index in [1.54, 1.807) is 0 Å². The van der Waals surface area contributed by atoms with Crippen LogP contribution in [-0.2, 0) is 4.79 Å². The highest BCUT2D eigenvalue weighted by molar-refractivity contribution is 6.04. The predicted molar refractivity (Wildman–Crippen MR) is 91.6 cm³/mol. The predicted octanol–water partition coefficient (Wildman–Crippen LogP) is 0.958. The number of para-hydroxylation sites is 1. The van der Waals surface area contributed by atoms with Gasteiger partial charge in [0.2, 0.25) is 5.91 Å². The minimum absolute atomic E-state index is 0. The minimum Gasteiger partial charge on any atom is -0.350 e. The van der Waals surface area contributed by atoms with Gasteiger partial charge in [0.15, 0.2) is 5.69 Å². The van der Waals surface area contributed by atoms with Crippen LogP contribution in [0.3, 0.4) is 0 Å². The van der Waals surface area contributed by atoms with E-state index in [0.29, 0.717) is 12.2 Å². The smallest absolute Gasteiger partial charge is 0.272 e. The topological polar surface area (TPSA) is 113 Å². The zero-order chi connectivity index (χ0) is 16.2. The first-order valence-electron chi connectivity index (χ1n) is 7.15. The van der Waals surface area contributed by atoms with Crippen molar-refractivity contribution in [3.63, 3.8) is 0 Å². The van der Waals surface area contributed by atoms with Gasteiger partial charge < -0.3 is 16.4 Å². The van der Waals surface area contributed by atoms with Crippen LogP contribution < -0.4 is 16.4 Å². The van der Waals surface area contributed by atoms with Gasteiger partial charge in [-0.1, -0.05) is 18.2 Å². The number of aromatic nitrogens is 2. The molecule has 0 fully saturated rings. The number of fused-ring (bicyclic) bond motifs is 1. The number of carbonyl (C=O) groups is 2. The van der Waals surface area contributed by atoms with Crippen molar-refractivity contribution in [1.29, 1.82) is 0 Å². The second kappa shape index (κ2) is 7.94. The summed E-state index contributed by atoms with van der Waals surface area (Å²) < 4.78 is 0. The van der Waals surface area contributed by atoms with Crippen LogP contribution in [0.5, 0.6) is 0 Å². The highest BCUT2D eigenvalue weighted by Crippen LogP contribution is 2.14. The summed E-state index contributed by atoms with van der Waals surface area (Å²) in [5.41, 5.74) is 6.24. The van der Waals surface area contributed by atoms with E-state index in [9.17, 15) is 9.59 Å². The normalized spacial score (nSPS) is 10.9. The summed E-state index contributed by atoms with van der Waals surface area (Å²) in [7, 11) is 0. The Morgan fingerprint density at radius 2 is 2.00 bits per heavy atom. The van der Waals surface area contributed by atoms with Crippen molar-refractivity contribution in [2.75, 3.05) is 13.1 Å². The molecule has 2 rings (SSSR count). The first-order chi connectivity index (χ1) is 10.4. The molecular formula is C15H22ClN5O2. The lowest BCUT2D eigenvalue weighted by Crippen LogP contribution is -2.49. The van der Waals surface area contributed by atoms with E-state index in [-0.39, 0.29) is 37.2 Å². The van der Waals surface area contributed by atoms with Crippen molar-refractivity contribution in [2.24, 2.45) is 5.73 Å². The van der Waals surface area contributed by atoms with E-state index in [0.717, 1.165) is 10.9 Å². The van der Waals surface area contributed by atoms with Gasteiger partial charge in [-0.2, -0.15) is 5.10 Å². The van der Waals surface area contributed by atoms with Crippen LogP contribution in [0.15, 0.2) is 24.3 Å². The third-order valence-electron chi connectivity index (χ3n) is 3.31. The van der Waals surface area contributed by atoms with Crippen LogP contribution in [-0.4, -0.2) is 40.6 Å². The molecule has 1 aromatic carbocycles. The molecule has 1 heterocycles. The molecule has 1 aromatic heterocycles. The Hall–Kier alpha value is -2.12. The fraction of sp³-hybridized carbons (Fsp3) is 0.400. The largest absolute Gasteiger partial charge is 0.350 e. The van der Waals surface area contributed by atoms with Crippen molar-refractivity contribution in [3.05, 3.63) is 30.0 Å². The lowest BCUT2D eigenvalue weighted by Gasteiger charge is -2.24. The minimum atomic E-state index is -0.445. The number of halogens is 1. The zero-order valence-electron chi connectivity index (χ0n) is 13.2. The van der Waals surface area contributed by atoms with Gasteiger partial charge in [-0.15, -0.1) is 12.4 Å². The van der Waals surface area contributed by atoms with E-state index in [1.807, 2.05) is 38.1 Å². The van der Waals surface area contributed by atoms with Gasteiger partial charge in [0, 0.05) is 30.4 Å². The molecule has 23 heavy (non-hydrogen) atoms. The number of amides is 2. The van der Waals surface area contributed by atoms with E-state index in [1.165, 1.54) is 0 Å². The number of rotatable bonds is 6. The number of hydrogen-bond acceptors (Lipinski definition) is 4. The standard InChI is InChI=1S/C15H21N5O2.ClH/c1-15(2,9-16)18-12(21)7-8-17-14(22)13-10-5-3-4-6-11(10)19-20-13;/h3-6H,7-9,16H2,1-2H3,(H,17,22)(H,18,21)(H,19,20);1H. The molecule has 0 aliphatic carbocycles. The molecule has 0 aliphatic heterocycles. The number of nitrogens with one attached hydrogen (secondary N) is 3. The Labute approximate surface area is 140 Å². The molecule has 2 aromatic rings. The molecule has 0 saturated carbocycles. The number of nitrogens with two attached hydrogens (primary N) is 1. The molecule has 8 heteroatoms. The maximum absolute atomic E-state index is 12.1. The third kappa shape index (κ3) is 4.94. The Balaban J connectivity index is 0.00000264. The third-order valence-corrected chi connectivity index (χ3v) is 3.31. The van der Waals surface area contributed by atoms with Crippen molar-refractivity contribution >= 4 is 35.1 Å². The maximum Gasteiger partial charge on any atom is 0.272 e. The Morgan fingerprint density at radius 3 is 2.70 bits per heavy atom. The first kappa shape index (κ1) is 18.9. The fourth-order valence-corrected chi connectivity index (χ4v) is 2.00. The Bertz CT molecular complexity index is 683. The summed E-state index contributed by atoms with van der Waals surface area (Å²) in [6, 6.07) is 7.38. The molecule has 2 amide bonds. The number of carbonyl (C=O) groups excluding carboxylic acids is 2. The number of nitrogens with zero attached hydrogens (tertiary/aromatic N) is 1. The molecule has 0 bridgehead atoms. The van der Waals surface area contributed by atoms with Gasteiger partial charge in [-0.05, 0) is 19.9 Å². The van der Waals surface area contributed by atoms with Crippen LogP contribution >= 0.6 is 12.4 Å². The summed E-state index contributed by atoms with van der Waals surface area (Å²) in [5.74, 6) is -0.453. The molecule has 0 atom stereocenters. The number of aromatic amines is 1. The van der Waals surface area contributed by atoms with E-state index in [2.05, 4.69) is 20.8 Å². The zero-order valence-corrected chi connectivity index (χ0v) is 14.0. The molecule has 0 unspecified atom stereocenters. The Kier molecular flexibility index (Phi) is 6.53. The van der Waals surface area contributed by atoms with Gasteiger partial charge >= 0.3 is 0 Å². The first-order valence-corrected chi connectivity index (χ1v) is 7.15. The van der Waals surface area contributed by atoms with E-state index < -0.39 is 5.54 Å². The summed E-state index contributed by atoms with van der Waals surface area (Å²) >= 11 is 0. The molecule has 126 valence electrons. The Morgan fingerprint density at radius 1 is 1.30 bits per heavy atom. The van der Waals surface area contributed by atoms with Crippen LogP contribution in [0, 0.1) is 0 Å². The molecule has 0 spiro atoms. The second-order valence-electron chi connectivity index (χ2n) is 5.76. The number of hydrogen-bond donors (Lipinski definition) is 4. The lowest BCUT2D eigenvalue weighted by atomic mass is 10.1. The fourth-order valence-electron chi connectivity index (χ4n) is 2.00. The monoisotopic (exact) mass is 339 g/mol. The summed E-state index contributed by atoms with van der Waals surface area (Å²) in [4.78, 5) is 23.9. The highest BCUT2D eigenvalue weighted by atomic mass is 35.5. The quantitative estimate of drug-likeness (QED) is 0.627. The van der Waals surface area contributed by atoms with Crippen LogP contribution in [0.4, 0.5) is 0 Å². The molecule has 0 aliphatic rings. The van der Waals surface area contributed by atoms with Gasteiger partial charge in [0.05, 0.1) is 5.52 Å². The van der Waals surface area contributed by atoms with Gasteiger partial charge in [0.1, 0.15) is 0 Å². The van der Waals surface area contributed by atoms with Crippen LogP contribution in [0.25, 0.3) is 10.9 Å². The average Bonchev–Trinajstić information content (AvgIpc) is 2.90. The number of benzene rings is 1. The number of H-pyrrole nitrogens is 1. The summed E-state index contributed by atoms with van der Waals surface area (Å²) in [6.07, 6.45) is 0.192. The van der Waals surface area contributed by atoms with Gasteiger partial charge in [-0.25, -0.2) is 0 Å². The van der Waals surface area contributed by atoms with Crippen LogP contribution in [0.2, 0.25) is 0 Å². The molecule has 0 saturated heterocycles. The summed E-state index contributed by atoms with van der Waals surface area (Å²) in [5, 5.41) is 13.1. The molecule has 5 N–H and O–H groups in total. The SMILES string of the molecule is CC(C)(CN)NC(=O)CCNC(=O)c1n[nH]c2ccccc12.Cl. The lowest BCUT2D eigenvalue weighted by molar-refractivity contribution is -0.122. The van der Waals surface area contributed by atoms with Crippen molar-refractivity contribution < 1.29 is 9.59 Å². The maximum atomic E-state index is 12.1. The van der Waals surface area contributed by atoms with E-state index >= 15 is 0 Å². The van der Waals surface area contributed by atoms with Crippen molar-refractivity contribution in [1.82, 2.24) is 20.8 Å². The van der Waals surface area contributed by atoms with Gasteiger partial charge in [-0.3, -0.25) is 14.7 Å². The van der Waals surface area contributed by atoms with Crippen LogP contribution in [0.1, 0.15) is 30.8 Å². The molecule has 0 radical (unpaired) electrons. The second-order valence-corrected chi connectivity index (χ2v) is 5.76. The van der Waals surface area contributed by atoms with Crippen molar-refractivity contribution in [3.8, 4) is 0 Å². The van der Waals surface area contributed by atoms with Crippen molar-refractivity contribution in [2.45, 2.75) is 25.8 Å². The molecule has 7 nitrogen and oxygen atoms in total.